The number of carboxylic acids is 1. The number of ether oxygens (including phenoxy) is 6. The molecule has 3 heterocycles. The van der Waals surface area contributed by atoms with E-state index < -0.39 is 148 Å². The molecule has 0 aromatic carbocycles. The lowest BCUT2D eigenvalue weighted by Crippen LogP contribution is -2.70. The van der Waals surface area contributed by atoms with Gasteiger partial charge in [-0.15, -0.1) is 0 Å². The predicted molar refractivity (Wildman–Crippen MR) is 147 cm³/mol. The van der Waals surface area contributed by atoms with Gasteiger partial charge in [-0.05, 0) is 6.92 Å². The number of aliphatic hydroxyl groups excluding tert-OH is 12. The molecule has 0 aromatic rings. The lowest BCUT2D eigenvalue weighted by atomic mass is 9.94. The van der Waals surface area contributed by atoms with Gasteiger partial charge in [0.2, 0.25) is 5.91 Å². The molecular formula is C26H45NO21. The molecule has 19 atom stereocenters. The van der Waals surface area contributed by atoms with Gasteiger partial charge in [0.15, 0.2) is 25.0 Å². The Morgan fingerprint density at radius 3 is 1.79 bits per heavy atom. The molecule has 3 aliphatic rings. The number of aliphatic carboxylic acids is 1. The summed E-state index contributed by atoms with van der Waals surface area (Å²) in [7, 11) is 0. The predicted octanol–water partition coefficient (Wildman–Crippen LogP) is -8.85. The van der Waals surface area contributed by atoms with Gasteiger partial charge in [-0.3, -0.25) is 4.79 Å². The maximum absolute atomic E-state index is 12.3. The highest BCUT2D eigenvalue weighted by molar-refractivity contribution is 5.74. The van der Waals surface area contributed by atoms with Crippen molar-refractivity contribution in [3.05, 3.63) is 0 Å². The van der Waals surface area contributed by atoms with Crippen molar-refractivity contribution in [2.45, 2.75) is 130 Å². The molecule has 0 saturated carbocycles. The molecule has 48 heavy (non-hydrogen) atoms. The highest BCUT2D eigenvalue weighted by Gasteiger charge is 2.56. The third-order valence-electron chi connectivity index (χ3n) is 8.13. The van der Waals surface area contributed by atoms with E-state index in [-0.39, 0.29) is 0 Å². The Bertz CT molecular complexity index is 1040. The Morgan fingerprint density at radius 2 is 1.27 bits per heavy atom. The van der Waals surface area contributed by atoms with Crippen LogP contribution in [-0.2, 0) is 38.0 Å². The van der Waals surface area contributed by atoms with Gasteiger partial charge in [0.25, 0.3) is 0 Å². The van der Waals surface area contributed by atoms with Crippen molar-refractivity contribution in [2.24, 2.45) is 0 Å². The van der Waals surface area contributed by atoms with Crippen LogP contribution in [0.25, 0.3) is 0 Å². The molecule has 280 valence electrons. The van der Waals surface area contributed by atoms with Crippen molar-refractivity contribution >= 4 is 11.9 Å². The molecule has 0 bridgehead atoms. The maximum Gasteiger partial charge on any atom is 0.335 e. The third kappa shape index (κ3) is 8.92. The minimum absolute atomic E-state index is 0.814. The zero-order valence-electron chi connectivity index (χ0n) is 25.7. The molecule has 14 N–H and O–H groups in total. The van der Waals surface area contributed by atoms with Gasteiger partial charge in [-0.1, -0.05) is 0 Å². The molecule has 22 heteroatoms. The first-order chi connectivity index (χ1) is 22.5. The summed E-state index contributed by atoms with van der Waals surface area (Å²) in [5.74, 6) is -2.63. The van der Waals surface area contributed by atoms with E-state index >= 15 is 0 Å². The van der Waals surface area contributed by atoms with Crippen LogP contribution in [0.1, 0.15) is 13.8 Å². The summed E-state index contributed by atoms with van der Waals surface area (Å²) in [5, 5.41) is 134. The van der Waals surface area contributed by atoms with E-state index in [1.54, 1.807) is 0 Å². The second-order valence-corrected chi connectivity index (χ2v) is 11.7. The molecule has 3 fully saturated rings. The van der Waals surface area contributed by atoms with Crippen LogP contribution in [0.2, 0.25) is 0 Å². The molecule has 3 saturated heterocycles. The summed E-state index contributed by atoms with van der Waals surface area (Å²) in [5.41, 5.74) is 0. The summed E-state index contributed by atoms with van der Waals surface area (Å²) in [4.78, 5) is 24.5. The molecule has 0 radical (unpaired) electrons. The lowest BCUT2D eigenvalue weighted by molar-refractivity contribution is -0.367. The average molecular weight is 708 g/mol. The van der Waals surface area contributed by atoms with Crippen molar-refractivity contribution in [3.63, 3.8) is 0 Å². The molecule has 0 aliphatic carbocycles. The zero-order valence-corrected chi connectivity index (χ0v) is 25.7. The summed E-state index contributed by atoms with van der Waals surface area (Å²) < 4.78 is 32.9. The van der Waals surface area contributed by atoms with Gasteiger partial charge in [0.1, 0.15) is 85.4 Å². The van der Waals surface area contributed by atoms with Gasteiger partial charge in [0.05, 0.1) is 25.9 Å². The lowest BCUT2D eigenvalue weighted by Gasteiger charge is -2.49. The number of carboxylic acid groups (broad SMARTS) is 1. The molecule has 0 unspecified atom stereocenters. The normalized spacial score (nSPS) is 43.2. The molecule has 0 aromatic heterocycles. The second-order valence-electron chi connectivity index (χ2n) is 11.7. The highest BCUT2D eigenvalue weighted by atomic mass is 16.8. The van der Waals surface area contributed by atoms with E-state index in [1.807, 2.05) is 0 Å². The molecule has 3 aliphatic heterocycles. The van der Waals surface area contributed by atoms with Crippen LogP contribution in [0.15, 0.2) is 0 Å². The zero-order chi connectivity index (χ0) is 36.2. The standard InChI is InChI=1S/C26H45NO21/c1-6(31)19(12(34)8(33)3-28)45-26-18(40)16(38)21(22(48-26)23(41)42)47-24-11(27-7(2)32)20(14(36)10(5-30)43-24)46-25-17(39)15(37)13(35)9(4-29)44-25/h6,8-22,24-26,28-31,33-40H,3-5H2,1-2H3,(H,27,32)(H,41,42)/t6-,8+,9+,10+,11+,12-,13-,14+,15-,16+,17+,18+,19+,20+,21-,22-,24-,25-,26+/m0/s1. The number of amides is 1. The van der Waals surface area contributed by atoms with Crippen molar-refractivity contribution < 1.29 is 104 Å². The monoisotopic (exact) mass is 707 g/mol. The first kappa shape index (κ1) is 40.6. The van der Waals surface area contributed by atoms with Gasteiger partial charge in [0, 0.05) is 6.92 Å². The number of hydrogen-bond donors (Lipinski definition) is 14. The summed E-state index contributed by atoms with van der Waals surface area (Å²) >= 11 is 0. The van der Waals surface area contributed by atoms with E-state index in [0.29, 0.717) is 0 Å². The fourth-order valence-corrected chi connectivity index (χ4v) is 5.48. The topological polar surface area (TPSA) is 365 Å². The molecule has 1 amide bonds. The average Bonchev–Trinajstić information content (AvgIpc) is 3.04. The second kappa shape index (κ2) is 17.4. The molecular weight excluding hydrogens is 662 g/mol. The third-order valence-corrected chi connectivity index (χ3v) is 8.13. The first-order valence-electron chi connectivity index (χ1n) is 14.9. The van der Waals surface area contributed by atoms with Crippen molar-refractivity contribution in [1.29, 1.82) is 0 Å². The fourth-order valence-electron chi connectivity index (χ4n) is 5.48. The van der Waals surface area contributed by atoms with E-state index in [2.05, 4.69) is 5.32 Å². The van der Waals surface area contributed by atoms with E-state index in [1.165, 1.54) is 0 Å². The summed E-state index contributed by atoms with van der Waals surface area (Å²) in [6.45, 7) is -0.655. The van der Waals surface area contributed by atoms with Gasteiger partial charge >= 0.3 is 5.97 Å². The van der Waals surface area contributed by atoms with Crippen molar-refractivity contribution in [3.8, 4) is 0 Å². The minimum atomic E-state index is -2.23. The van der Waals surface area contributed by atoms with Gasteiger partial charge in [-0.25, -0.2) is 4.79 Å². The Kier molecular flexibility index (Phi) is 14.8. The Morgan fingerprint density at radius 1 is 0.729 bits per heavy atom. The van der Waals surface area contributed by atoms with Crippen molar-refractivity contribution in [1.82, 2.24) is 5.32 Å². The van der Waals surface area contributed by atoms with Crippen LogP contribution in [0.3, 0.4) is 0 Å². The Balaban J connectivity index is 1.91. The summed E-state index contributed by atoms with van der Waals surface area (Å²) in [6.07, 6.45) is -34.2. The van der Waals surface area contributed by atoms with Crippen LogP contribution in [0.5, 0.6) is 0 Å². The van der Waals surface area contributed by atoms with E-state index in [4.69, 9.17) is 33.5 Å². The number of carbonyl (C=O) groups excluding carboxylic acids is 1. The number of nitrogens with one attached hydrogen (secondary N) is 1. The number of carbonyl (C=O) groups is 2. The number of aliphatic hydroxyl groups is 12. The first-order valence-corrected chi connectivity index (χ1v) is 14.9. The Hall–Kier alpha value is -1.78. The quantitative estimate of drug-likeness (QED) is 0.0796. The van der Waals surface area contributed by atoms with E-state index in [9.17, 15) is 70.9 Å². The van der Waals surface area contributed by atoms with Crippen LogP contribution < -0.4 is 5.32 Å². The summed E-state index contributed by atoms with van der Waals surface area (Å²) in [6, 6.07) is -1.69. The molecule has 0 spiro atoms. The van der Waals surface area contributed by atoms with Gasteiger partial charge in [-0.2, -0.15) is 0 Å². The highest BCUT2D eigenvalue weighted by Crippen LogP contribution is 2.33. The maximum atomic E-state index is 12.3. The van der Waals surface area contributed by atoms with Crippen LogP contribution in [-0.4, -0.2) is 215 Å². The fraction of sp³-hybridized carbons (Fsp3) is 0.923. The van der Waals surface area contributed by atoms with Crippen molar-refractivity contribution in [2.75, 3.05) is 19.8 Å². The minimum Gasteiger partial charge on any atom is -0.479 e. The van der Waals surface area contributed by atoms with Crippen LogP contribution >= 0.6 is 0 Å². The molecule has 22 nitrogen and oxygen atoms in total. The van der Waals surface area contributed by atoms with Crippen LogP contribution in [0, 0.1) is 0 Å². The number of hydrogen-bond acceptors (Lipinski definition) is 20. The molecule has 3 rings (SSSR count). The SMILES string of the molecule is CC(=O)N[C@H]1[C@H](O[C@H]2[C@H](O)[C@@H](O)[C@H](O[C@@H]([C@@H](O)[C@H](O)CO)[C@H](C)O)O[C@@H]2C(=O)O)O[C@H](CO)[C@@H](O)[C@@H]1O[C@@H]1O[C@H](CO)[C@H](O)[C@H](O)[C@H]1O. The number of rotatable bonds is 14. The van der Waals surface area contributed by atoms with Crippen LogP contribution in [0.4, 0.5) is 0 Å². The smallest absolute Gasteiger partial charge is 0.335 e. The Labute approximate surface area is 272 Å². The van der Waals surface area contributed by atoms with Gasteiger partial charge < -0.3 is 100 Å². The van der Waals surface area contributed by atoms with E-state index in [0.717, 1.165) is 13.8 Å². The largest absolute Gasteiger partial charge is 0.479 e.